The predicted molar refractivity (Wildman–Crippen MR) is 83.8 cm³/mol. The van der Waals surface area contributed by atoms with Gasteiger partial charge in [-0.25, -0.2) is 0 Å². The zero-order valence-corrected chi connectivity index (χ0v) is 12.1. The lowest BCUT2D eigenvalue weighted by Gasteiger charge is -2.29. The molecule has 1 N–H and O–H groups in total. The second-order valence-corrected chi connectivity index (χ2v) is 5.62. The average Bonchev–Trinajstić information content (AvgIpc) is 2.53. The zero-order valence-electron chi connectivity index (χ0n) is 12.1. The molecule has 0 saturated carbocycles. The predicted octanol–water partition coefficient (Wildman–Crippen LogP) is 3.24. The van der Waals surface area contributed by atoms with Gasteiger partial charge in [-0.15, -0.1) is 0 Å². The van der Waals surface area contributed by atoms with Gasteiger partial charge < -0.3 is 10.0 Å². The summed E-state index contributed by atoms with van der Waals surface area (Å²) in [5.41, 5.74) is 3.05. The fraction of sp³-hybridized carbons (Fsp3) is 0.412. The number of rotatable bonds is 4. The Morgan fingerprint density at radius 1 is 1.14 bits per heavy atom. The van der Waals surface area contributed by atoms with Gasteiger partial charge in [-0.05, 0) is 43.5 Å². The van der Waals surface area contributed by atoms with Crippen molar-refractivity contribution >= 4 is 22.6 Å². The van der Waals surface area contributed by atoms with E-state index in [0.717, 1.165) is 29.7 Å². The molecule has 0 aliphatic carbocycles. The van der Waals surface area contributed by atoms with Crippen molar-refractivity contribution in [3.05, 3.63) is 36.0 Å². The van der Waals surface area contributed by atoms with Crippen LogP contribution in [0.15, 0.2) is 30.3 Å². The number of carboxylic acids is 1. The molecule has 0 spiro atoms. The van der Waals surface area contributed by atoms with Gasteiger partial charge in [-0.3, -0.25) is 9.78 Å². The van der Waals surface area contributed by atoms with Crippen molar-refractivity contribution in [1.29, 1.82) is 0 Å². The zero-order chi connectivity index (χ0) is 14.7. The van der Waals surface area contributed by atoms with Crippen LogP contribution in [0.3, 0.4) is 0 Å². The number of piperidine rings is 1. The van der Waals surface area contributed by atoms with Gasteiger partial charge >= 0.3 is 5.97 Å². The number of carbonyl (C=O) groups is 1. The number of hydrogen-bond donors (Lipinski definition) is 1. The third-order valence-electron chi connectivity index (χ3n) is 4.05. The molecule has 0 unspecified atom stereocenters. The molecule has 1 aliphatic rings. The Labute approximate surface area is 124 Å². The summed E-state index contributed by atoms with van der Waals surface area (Å²) in [6.45, 7) is 2.27. The van der Waals surface area contributed by atoms with Crippen LogP contribution in [-0.4, -0.2) is 29.1 Å². The first-order chi connectivity index (χ1) is 10.2. The standard InChI is InChI=1S/C17H20N2O2/c20-17(21)9-6-14-5-4-13-12-15(7-8-16(13)18-14)19-10-2-1-3-11-19/h4-5,7-8,12H,1-3,6,9-11H2,(H,20,21). The molecule has 0 bridgehead atoms. The number of nitrogens with zero attached hydrogens (tertiary/aromatic N) is 2. The fourth-order valence-electron chi connectivity index (χ4n) is 2.88. The van der Waals surface area contributed by atoms with Gasteiger partial charge in [0.1, 0.15) is 0 Å². The van der Waals surface area contributed by atoms with Crippen LogP contribution in [0.4, 0.5) is 5.69 Å². The topological polar surface area (TPSA) is 53.4 Å². The Morgan fingerprint density at radius 3 is 2.71 bits per heavy atom. The van der Waals surface area contributed by atoms with Crippen LogP contribution in [0.5, 0.6) is 0 Å². The number of pyridine rings is 1. The van der Waals surface area contributed by atoms with E-state index >= 15 is 0 Å². The number of benzene rings is 1. The second kappa shape index (κ2) is 6.12. The molecule has 1 aliphatic heterocycles. The molecule has 1 saturated heterocycles. The summed E-state index contributed by atoms with van der Waals surface area (Å²) in [6.07, 6.45) is 4.48. The lowest BCUT2D eigenvalue weighted by molar-refractivity contribution is -0.136. The smallest absolute Gasteiger partial charge is 0.303 e. The van der Waals surface area contributed by atoms with Crippen molar-refractivity contribution < 1.29 is 9.90 Å². The van der Waals surface area contributed by atoms with Gasteiger partial charge in [0, 0.05) is 36.3 Å². The number of aromatic nitrogens is 1. The van der Waals surface area contributed by atoms with E-state index in [1.54, 1.807) is 0 Å². The first-order valence-electron chi connectivity index (χ1n) is 7.59. The van der Waals surface area contributed by atoms with E-state index in [1.807, 2.05) is 18.2 Å². The Bertz CT molecular complexity index is 648. The fourth-order valence-corrected chi connectivity index (χ4v) is 2.88. The van der Waals surface area contributed by atoms with E-state index in [4.69, 9.17) is 5.11 Å². The van der Waals surface area contributed by atoms with E-state index in [0.29, 0.717) is 6.42 Å². The Kier molecular flexibility index (Phi) is 4.04. The third kappa shape index (κ3) is 3.32. The van der Waals surface area contributed by atoms with Gasteiger partial charge in [0.25, 0.3) is 0 Å². The maximum Gasteiger partial charge on any atom is 0.303 e. The minimum atomic E-state index is -0.780. The van der Waals surface area contributed by atoms with Crippen molar-refractivity contribution in [2.75, 3.05) is 18.0 Å². The second-order valence-electron chi connectivity index (χ2n) is 5.62. The molecule has 2 heterocycles. The normalized spacial score (nSPS) is 15.3. The Balaban J connectivity index is 1.82. The molecule has 0 atom stereocenters. The quantitative estimate of drug-likeness (QED) is 0.936. The number of aryl methyl sites for hydroxylation is 1. The van der Waals surface area contributed by atoms with Crippen molar-refractivity contribution in [3.8, 4) is 0 Å². The molecule has 0 radical (unpaired) electrons. The van der Waals surface area contributed by atoms with Crippen LogP contribution in [-0.2, 0) is 11.2 Å². The molecule has 2 aromatic rings. The van der Waals surface area contributed by atoms with Gasteiger partial charge in [-0.2, -0.15) is 0 Å². The molecular weight excluding hydrogens is 264 g/mol. The summed E-state index contributed by atoms with van der Waals surface area (Å²) in [4.78, 5) is 17.6. The molecule has 4 heteroatoms. The SMILES string of the molecule is O=C(O)CCc1ccc2cc(N3CCCCC3)ccc2n1. The van der Waals surface area contributed by atoms with Crippen LogP contribution >= 0.6 is 0 Å². The van der Waals surface area contributed by atoms with E-state index < -0.39 is 5.97 Å². The Morgan fingerprint density at radius 2 is 1.95 bits per heavy atom. The van der Waals surface area contributed by atoms with Crippen LogP contribution < -0.4 is 4.90 Å². The van der Waals surface area contributed by atoms with Crippen molar-refractivity contribution in [2.24, 2.45) is 0 Å². The number of hydrogen-bond acceptors (Lipinski definition) is 3. The molecule has 1 aromatic heterocycles. The number of carboxylic acid groups (broad SMARTS) is 1. The monoisotopic (exact) mass is 284 g/mol. The summed E-state index contributed by atoms with van der Waals surface area (Å²) in [5.74, 6) is -0.780. The van der Waals surface area contributed by atoms with E-state index in [-0.39, 0.29) is 6.42 Å². The molecule has 4 nitrogen and oxygen atoms in total. The third-order valence-corrected chi connectivity index (χ3v) is 4.05. The van der Waals surface area contributed by atoms with Crippen molar-refractivity contribution in [3.63, 3.8) is 0 Å². The van der Waals surface area contributed by atoms with E-state index in [9.17, 15) is 4.79 Å². The molecule has 3 rings (SSSR count). The average molecular weight is 284 g/mol. The first-order valence-corrected chi connectivity index (χ1v) is 7.59. The summed E-state index contributed by atoms with van der Waals surface area (Å²) in [7, 11) is 0. The summed E-state index contributed by atoms with van der Waals surface area (Å²) >= 11 is 0. The minimum absolute atomic E-state index is 0.129. The maximum absolute atomic E-state index is 10.6. The molecule has 110 valence electrons. The molecule has 1 aromatic carbocycles. The van der Waals surface area contributed by atoms with Gasteiger partial charge in [0.05, 0.1) is 11.9 Å². The first kappa shape index (κ1) is 13.9. The van der Waals surface area contributed by atoms with Crippen molar-refractivity contribution in [1.82, 2.24) is 4.98 Å². The lowest BCUT2D eigenvalue weighted by atomic mass is 10.1. The lowest BCUT2D eigenvalue weighted by Crippen LogP contribution is -2.29. The highest BCUT2D eigenvalue weighted by Gasteiger charge is 2.11. The van der Waals surface area contributed by atoms with Crippen LogP contribution in [0.2, 0.25) is 0 Å². The van der Waals surface area contributed by atoms with Gasteiger partial charge in [0.15, 0.2) is 0 Å². The molecule has 21 heavy (non-hydrogen) atoms. The molecular formula is C17H20N2O2. The van der Waals surface area contributed by atoms with Gasteiger partial charge in [0.2, 0.25) is 0 Å². The largest absolute Gasteiger partial charge is 0.481 e. The number of fused-ring (bicyclic) bond motifs is 1. The van der Waals surface area contributed by atoms with Crippen LogP contribution in [0.25, 0.3) is 10.9 Å². The van der Waals surface area contributed by atoms with Gasteiger partial charge in [-0.1, -0.05) is 6.07 Å². The van der Waals surface area contributed by atoms with Crippen LogP contribution in [0.1, 0.15) is 31.4 Å². The minimum Gasteiger partial charge on any atom is -0.481 e. The Hall–Kier alpha value is -2.10. The van der Waals surface area contributed by atoms with E-state index in [2.05, 4.69) is 22.0 Å². The number of aliphatic carboxylic acids is 1. The number of anilines is 1. The summed E-state index contributed by atoms with van der Waals surface area (Å²) in [6, 6.07) is 10.3. The van der Waals surface area contributed by atoms with Crippen LogP contribution in [0, 0.1) is 0 Å². The summed E-state index contributed by atoms with van der Waals surface area (Å²) < 4.78 is 0. The highest BCUT2D eigenvalue weighted by molar-refractivity contribution is 5.82. The molecule has 0 amide bonds. The summed E-state index contributed by atoms with van der Waals surface area (Å²) in [5, 5.41) is 9.86. The highest BCUT2D eigenvalue weighted by atomic mass is 16.4. The van der Waals surface area contributed by atoms with Crippen molar-refractivity contribution in [2.45, 2.75) is 32.1 Å². The highest BCUT2D eigenvalue weighted by Crippen LogP contribution is 2.24. The maximum atomic E-state index is 10.6. The van der Waals surface area contributed by atoms with E-state index in [1.165, 1.54) is 24.9 Å². The molecule has 1 fully saturated rings.